The molecular weight excluding hydrogens is 264 g/mol. The van der Waals surface area contributed by atoms with Gasteiger partial charge in [-0.1, -0.05) is 44.2 Å². The van der Waals surface area contributed by atoms with E-state index in [1.165, 1.54) is 0 Å². The van der Waals surface area contributed by atoms with Crippen LogP contribution < -0.4 is 16.0 Å². The molecule has 1 aromatic carbocycles. The average Bonchev–Trinajstić information content (AvgIpc) is 2.49. The van der Waals surface area contributed by atoms with Crippen LogP contribution in [0.4, 0.5) is 0 Å². The van der Waals surface area contributed by atoms with E-state index in [9.17, 15) is 4.79 Å². The van der Waals surface area contributed by atoms with Gasteiger partial charge in [0, 0.05) is 19.6 Å². The fourth-order valence-electron chi connectivity index (χ4n) is 1.65. The van der Waals surface area contributed by atoms with E-state index in [4.69, 9.17) is 0 Å². The quantitative estimate of drug-likeness (QED) is 0.527. The maximum absolute atomic E-state index is 11.8. The van der Waals surface area contributed by atoms with Gasteiger partial charge < -0.3 is 16.0 Å². The van der Waals surface area contributed by atoms with E-state index < -0.39 is 0 Å². The highest BCUT2D eigenvalue weighted by atomic mass is 16.1. The van der Waals surface area contributed by atoms with Gasteiger partial charge in [-0.15, -0.1) is 0 Å². The van der Waals surface area contributed by atoms with Crippen molar-refractivity contribution in [2.75, 3.05) is 19.6 Å². The lowest BCUT2D eigenvalue weighted by Gasteiger charge is -2.12. The summed E-state index contributed by atoms with van der Waals surface area (Å²) < 4.78 is 0. The molecule has 116 valence electrons. The van der Waals surface area contributed by atoms with Gasteiger partial charge >= 0.3 is 0 Å². The summed E-state index contributed by atoms with van der Waals surface area (Å²) in [6, 6.07) is 9.84. The van der Waals surface area contributed by atoms with Crippen LogP contribution in [0.25, 0.3) is 0 Å². The van der Waals surface area contributed by atoms with E-state index in [0.717, 1.165) is 18.7 Å². The Labute approximate surface area is 127 Å². The van der Waals surface area contributed by atoms with Crippen LogP contribution in [0.1, 0.15) is 26.3 Å². The van der Waals surface area contributed by atoms with Gasteiger partial charge in [-0.3, -0.25) is 4.79 Å². The van der Waals surface area contributed by atoms with Gasteiger partial charge in [0.15, 0.2) is 5.96 Å². The van der Waals surface area contributed by atoms with Gasteiger partial charge in [-0.05, 0) is 18.4 Å². The van der Waals surface area contributed by atoms with Crippen molar-refractivity contribution in [1.82, 2.24) is 16.0 Å². The highest BCUT2D eigenvalue weighted by Gasteiger charge is 2.03. The minimum absolute atomic E-state index is 0.0828. The third-order valence-electron chi connectivity index (χ3n) is 2.74. The minimum atomic E-state index is -0.0828. The van der Waals surface area contributed by atoms with Crippen molar-refractivity contribution in [3.8, 4) is 0 Å². The molecule has 21 heavy (non-hydrogen) atoms. The molecule has 1 aromatic rings. The van der Waals surface area contributed by atoms with Crippen LogP contribution in [-0.4, -0.2) is 31.5 Å². The number of carbonyl (C=O) groups is 1. The molecule has 5 heteroatoms. The predicted molar refractivity (Wildman–Crippen MR) is 87.1 cm³/mol. The molecule has 0 aliphatic carbocycles. The first kappa shape index (κ1) is 17.0. The molecule has 1 rings (SSSR count). The number of amides is 1. The Hall–Kier alpha value is -2.04. The molecular formula is C16H26N4O. The van der Waals surface area contributed by atoms with Crippen molar-refractivity contribution < 1.29 is 4.79 Å². The molecule has 0 saturated heterocycles. The second kappa shape index (κ2) is 9.80. The molecule has 0 aromatic heterocycles. The summed E-state index contributed by atoms with van der Waals surface area (Å²) >= 11 is 0. The van der Waals surface area contributed by atoms with Crippen LogP contribution in [0, 0.1) is 5.92 Å². The molecule has 0 aliphatic heterocycles. The van der Waals surface area contributed by atoms with Gasteiger partial charge in [0.2, 0.25) is 5.91 Å². The zero-order valence-electron chi connectivity index (χ0n) is 13.1. The molecule has 0 saturated carbocycles. The van der Waals surface area contributed by atoms with Crippen LogP contribution in [0.2, 0.25) is 0 Å². The summed E-state index contributed by atoms with van der Waals surface area (Å²) in [6.07, 6.45) is 0. The molecule has 0 bridgehead atoms. The zero-order valence-corrected chi connectivity index (χ0v) is 13.1. The maximum atomic E-state index is 11.8. The largest absolute Gasteiger partial charge is 0.357 e. The summed E-state index contributed by atoms with van der Waals surface area (Å²) in [7, 11) is 0. The number of rotatable bonds is 7. The Morgan fingerprint density at radius 2 is 1.86 bits per heavy atom. The van der Waals surface area contributed by atoms with Crippen molar-refractivity contribution in [2.45, 2.75) is 27.3 Å². The van der Waals surface area contributed by atoms with Gasteiger partial charge in [0.05, 0.1) is 0 Å². The summed E-state index contributed by atoms with van der Waals surface area (Å²) in [6.45, 7) is 8.52. The van der Waals surface area contributed by atoms with E-state index in [-0.39, 0.29) is 12.5 Å². The zero-order chi connectivity index (χ0) is 15.5. The first-order valence-electron chi connectivity index (χ1n) is 7.44. The molecule has 0 aliphatic rings. The van der Waals surface area contributed by atoms with E-state index >= 15 is 0 Å². The molecule has 0 unspecified atom stereocenters. The first-order chi connectivity index (χ1) is 10.1. The Morgan fingerprint density at radius 3 is 2.48 bits per heavy atom. The number of aliphatic imine (C=N–C) groups is 1. The second-order valence-corrected chi connectivity index (χ2v) is 5.23. The Morgan fingerprint density at radius 1 is 1.14 bits per heavy atom. The minimum Gasteiger partial charge on any atom is -0.357 e. The van der Waals surface area contributed by atoms with Crippen LogP contribution >= 0.6 is 0 Å². The van der Waals surface area contributed by atoms with E-state index in [1.54, 1.807) is 0 Å². The van der Waals surface area contributed by atoms with Crippen molar-refractivity contribution in [3.63, 3.8) is 0 Å². The average molecular weight is 290 g/mol. The fourth-order valence-corrected chi connectivity index (χ4v) is 1.65. The van der Waals surface area contributed by atoms with Gasteiger partial charge in [-0.2, -0.15) is 0 Å². The molecule has 5 nitrogen and oxygen atoms in total. The lowest BCUT2D eigenvalue weighted by Crippen LogP contribution is -2.40. The summed E-state index contributed by atoms with van der Waals surface area (Å²) in [5.41, 5.74) is 1.08. The normalized spacial score (nSPS) is 11.3. The van der Waals surface area contributed by atoms with Crippen molar-refractivity contribution in [1.29, 1.82) is 0 Å². The number of benzene rings is 1. The molecule has 0 fully saturated rings. The Bertz CT molecular complexity index is 443. The lowest BCUT2D eigenvalue weighted by atomic mass is 10.2. The molecule has 0 heterocycles. The number of nitrogens with one attached hydrogen (secondary N) is 3. The summed E-state index contributed by atoms with van der Waals surface area (Å²) in [5.74, 6) is 1.13. The van der Waals surface area contributed by atoms with E-state index in [2.05, 4.69) is 34.8 Å². The Kier molecular flexibility index (Phi) is 7.94. The highest BCUT2D eigenvalue weighted by Crippen LogP contribution is 1.96. The van der Waals surface area contributed by atoms with Gasteiger partial charge in [0.25, 0.3) is 0 Å². The molecule has 0 spiro atoms. The van der Waals surface area contributed by atoms with Crippen molar-refractivity contribution >= 4 is 11.9 Å². The number of hydrogen-bond donors (Lipinski definition) is 3. The Balaban J connectivity index is 2.38. The topological polar surface area (TPSA) is 65.5 Å². The third kappa shape index (κ3) is 7.97. The maximum Gasteiger partial charge on any atom is 0.242 e. The standard InChI is InChI=1S/C16H26N4O/c1-4-17-16(19-10-13(2)3)20-12-15(21)18-11-14-8-6-5-7-9-14/h5-9,13H,4,10-12H2,1-3H3,(H,18,21)(H2,17,19,20). The molecule has 0 radical (unpaired) electrons. The predicted octanol–water partition coefficient (Wildman–Crippen LogP) is 1.51. The molecule has 1 amide bonds. The van der Waals surface area contributed by atoms with Crippen LogP contribution in [0.15, 0.2) is 35.3 Å². The number of nitrogens with zero attached hydrogens (tertiary/aromatic N) is 1. The van der Waals surface area contributed by atoms with Gasteiger partial charge in [-0.25, -0.2) is 4.99 Å². The second-order valence-electron chi connectivity index (χ2n) is 5.23. The summed E-state index contributed by atoms with van der Waals surface area (Å²) in [4.78, 5) is 16.1. The SMILES string of the molecule is CCNC(=NCC(=O)NCc1ccccc1)NCC(C)C. The molecule has 0 atom stereocenters. The fraction of sp³-hybridized carbons (Fsp3) is 0.500. The summed E-state index contributed by atoms with van der Waals surface area (Å²) in [5, 5.41) is 9.19. The number of hydrogen-bond acceptors (Lipinski definition) is 2. The van der Waals surface area contributed by atoms with Crippen LogP contribution in [0.5, 0.6) is 0 Å². The van der Waals surface area contributed by atoms with Crippen molar-refractivity contribution in [2.24, 2.45) is 10.9 Å². The van der Waals surface area contributed by atoms with E-state index in [0.29, 0.717) is 18.4 Å². The van der Waals surface area contributed by atoms with Crippen molar-refractivity contribution in [3.05, 3.63) is 35.9 Å². The lowest BCUT2D eigenvalue weighted by molar-refractivity contribution is -0.119. The van der Waals surface area contributed by atoms with E-state index in [1.807, 2.05) is 37.3 Å². The number of guanidine groups is 1. The third-order valence-corrected chi connectivity index (χ3v) is 2.74. The smallest absolute Gasteiger partial charge is 0.242 e. The highest BCUT2D eigenvalue weighted by molar-refractivity contribution is 5.84. The van der Waals surface area contributed by atoms with Crippen LogP contribution in [-0.2, 0) is 11.3 Å². The first-order valence-corrected chi connectivity index (χ1v) is 7.44. The van der Waals surface area contributed by atoms with Gasteiger partial charge in [0.1, 0.15) is 6.54 Å². The van der Waals surface area contributed by atoms with Crippen LogP contribution in [0.3, 0.4) is 0 Å². The number of carbonyl (C=O) groups excluding carboxylic acids is 1. The molecule has 3 N–H and O–H groups in total. The monoisotopic (exact) mass is 290 g/mol.